The topological polar surface area (TPSA) is 25.2 Å². The molecule has 102 valence electrons. The van der Waals surface area contributed by atoms with Crippen molar-refractivity contribution in [3.8, 4) is 0 Å². The summed E-state index contributed by atoms with van der Waals surface area (Å²) in [5, 5.41) is 11.0. The van der Waals surface area contributed by atoms with Crippen molar-refractivity contribution in [3.05, 3.63) is 35.0 Å². The van der Waals surface area contributed by atoms with Gasteiger partial charge in [-0.3, -0.25) is 0 Å². The molecule has 0 spiro atoms. The Morgan fingerprint density at radius 1 is 1.26 bits per heavy atom. The second kappa shape index (κ2) is 4.68. The van der Waals surface area contributed by atoms with Crippen LogP contribution in [0.1, 0.15) is 43.0 Å². The van der Waals surface area contributed by atoms with Crippen molar-refractivity contribution >= 4 is 10.9 Å². The molecule has 1 atom stereocenters. The average Bonchev–Trinajstić information content (AvgIpc) is 2.68. The van der Waals surface area contributed by atoms with Crippen molar-refractivity contribution in [2.24, 2.45) is 5.92 Å². The summed E-state index contributed by atoms with van der Waals surface area (Å²) in [7, 11) is 0. The molecular formula is C17H23NO. The highest BCUT2D eigenvalue weighted by atomic mass is 16.3. The van der Waals surface area contributed by atoms with Crippen LogP contribution in [0.3, 0.4) is 0 Å². The van der Waals surface area contributed by atoms with Gasteiger partial charge in [-0.05, 0) is 48.9 Å². The minimum Gasteiger partial charge on any atom is -0.396 e. The summed E-state index contributed by atoms with van der Waals surface area (Å²) in [5.41, 5.74) is 5.55. The lowest BCUT2D eigenvalue weighted by Gasteiger charge is -2.22. The number of aromatic nitrogens is 1. The third-order valence-corrected chi connectivity index (χ3v) is 4.56. The Hall–Kier alpha value is -1.28. The Balaban J connectivity index is 2.19. The first-order valence-electron chi connectivity index (χ1n) is 7.35. The van der Waals surface area contributed by atoms with Crippen LogP contribution in [-0.4, -0.2) is 16.3 Å². The molecule has 19 heavy (non-hydrogen) atoms. The summed E-state index contributed by atoms with van der Waals surface area (Å²) >= 11 is 0. The fourth-order valence-corrected chi connectivity index (χ4v) is 3.48. The minimum absolute atomic E-state index is 0.238. The van der Waals surface area contributed by atoms with Crippen LogP contribution < -0.4 is 0 Å². The number of hydrogen-bond acceptors (Lipinski definition) is 1. The number of hydrogen-bond donors (Lipinski definition) is 1. The standard InChI is InChI=1S/C17H23NO/c1-11(2)16(10-19)14-8-13-5-4-6-18-12(3)7-15(9-14)17(13)18/h7-9,11,16,19H,4-6,10H2,1-3H3. The molecule has 0 aliphatic carbocycles. The van der Waals surface area contributed by atoms with Crippen LogP contribution in [0.25, 0.3) is 10.9 Å². The SMILES string of the molecule is Cc1cc2cc(C(CO)C(C)C)cc3c2n1CCC3. The third-order valence-electron chi connectivity index (χ3n) is 4.56. The van der Waals surface area contributed by atoms with Gasteiger partial charge in [-0.25, -0.2) is 0 Å². The van der Waals surface area contributed by atoms with E-state index in [0.29, 0.717) is 5.92 Å². The minimum atomic E-state index is 0.238. The van der Waals surface area contributed by atoms with Gasteiger partial charge in [0.25, 0.3) is 0 Å². The van der Waals surface area contributed by atoms with Gasteiger partial charge in [0, 0.05) is 23.5 Å². The molecule has 3 rings (SSSR count). The quantitative estimate of drug-likeness (QED) is 0.892. The molecule has 0 bridgehead atoms. The number of nitrogens with zero attached hydrogens (tertiary/aromatic N) is 1. The van der Waals surface area contributed by atoms with E-state index in [1.807, 2.05) is 0 Å². The molecule has 1 aliphatic heterocycles. The zero-order chi connectivity index (χ0) is 13.6. The van der Waals surface area contributed by atoms with E-state index in [9.17, 15) is 5.11 Å². The largest absolute Gasteiger partial charge is 0.396 e. The number of benzene rings is 1. The van der Waals surface area contributed by atoms with E-state index in [2.05, 4.69) is 43.5 Å². The molecule has 0 saturated carbocycles. The highest BCUT2D eigenvalue weighted by molar-refractivity contribution is 5.86. The van der Waals surface area contributed by atoms with Crippen molar-refractivity contribution < 1.29 is 5.11 Å². The molecule has 1 N–H and O–H groups in total. The maximum atomic E-state index is 9.65. The molecular weight excluding hydrogens is 234 g/mol. The van der Waals surface area contributed by atoms with Crippen LogP contribution in [0.2, 0.25) is 0 Å². The van der Waals surface area contributed by atoms with E-state index in [1.165, 1.54) is 40.6 Å². The maximum Gasteiger partial charge on any atom is 0.0515 e. The smallest absolute Gasteiger partial charge is 0.0515 e. The average molecular weight is 257 g/mol. The fraction of sp³-hybridized carbons (Fsp3) is 0.529. The number of rotatable bonds is 3. The number of aliphatic hydroxyl groups excluding tert-OH is 1. The van der Waals surface area contributed by atoms with Crippen LogP contribution in [0.5, 0.6) is 0 Å². The second-order valence-corrected chi connectivity index (χ2v) is 6.19. The Labute approximate surface area is 115 Å². The van der Waals surface area contributed by atoms with Crippen LogP contribution >= 0.6 is 0 Å². The molecule has 1 aliphatic rings. The van der Waals surface area contributed by atoms with Crippen molar-refractivity contribution in [3.63, 3.8) is 0 Å². The van der Waals surface area contributed by atoms with Gasteiger partial charge >= 0.3 is 0 Å². The summed E-state index contributed by atoms with van der Waals surface area (Å²) in [5.74, 6) is 0.729. The van der Waals surface area contributed by atoms with E-state index < -0.39 is 0 Å². The highest BCUT2D eigenvalue weighted by Gasteiger charge is 2.20. The zero-order valence-corrected chi connectivity index (χ0v) is 12.1. The Kier molecular flexibility index (Phi) is 3.14. The molecule has 2 heterocycles. The van der Waals surface area contributed by atoms with Gasteiger partial charge < -0.3 is 9.67 Å². The van der Waals surface area contributed by atoms with E-state index in [4.69, 9.17) is 0 Å². The van der Waals surface area contributed by atoms with E-state index in [-0.39, 0.29) is 12.5 Å². The zero-order valence-electron chi connectivity index (χ0n) is 12.1. The Bertz CT molecular complexity index is 609. The fourth-order valence-electron chi connectivity index (χ4n) is 3.48. The van der Waals surface area contributed by atoms with E-state index >= 15 is 0 Å². The lowest BCUT2D eigenvalue weighted by Crippen LogP contribution is -2.13. The first kappa shape index (κ1) is 12.7. The summed E-state index contributed by atoms with van der Waals surface area (Å²) in [6.45, 7) is 7.96. The summed E-state index contributed by atoms with van der Waals surface area (Å²) in [4.78, 5) is 0. The maximum absolute atomic E-state index is 9.65. The van der Waals surface area contributed by atoms with Gasteiger partial charge in [-0.1, -0.05) is 19.9 Å². The first-order valence-corrected chi connectivity index (χ1v) is 7.35. The molecule has 2 nitrogen and oxygen atoms in total. The van der Waals surface area contributed by atoms with Crippen LogP contribution in [-0.2, 0) is 13.0 Å². The van der Waals surface area contributed by atoms with Gasteiger partial charge in [0.05, 0.1) is 12.1 Å². The van der Waals surface area contributed by atoms with Gasteiger partial charge in [-0.2, -0.15) is 0 Å². The molecule has 0 radical (unpaired) electrons. The highest BCUT2D eigenvalue weighted by Crippen LogP contribution is 2.34. The Morgan fingerprint density at radius 2 is 2.05 bits per heavy atom. The van der Waals surface area contributed by atoms with Crippen molar-refractivity contribution in [2.45, 2.75) is 46.1 Å². The molecule has 1 unspecified atom stereocenters. The van der Waals surface area contributed by atoms with Gasteiger partial charge in [0.1, 0.15) is 0 Å². The van der Waals surface area contributed by atoms with Crippen LogP contribution in [0.15, 0.2) is 18.2 Å². The summed E-state index contributed by atoms with van der Waals surface area (Å²) in [6.07, 6.45) is 2.40. The van der Waals surface area contributed by atoms with Gasteiger partial charge in [0.15, 0.2) is 0 Å². The molecule has 0 fully saturated rings. The molecule has 0 saturated heterocycles. The summed E-state index contributed by atoms with van der Waals surface area (Å²) in [6, 6.07) is 6.91. The molecule has 1 aromatic carbocycles. The molecule has 1 aromatic heterocycles. The molecule has 0 amide bonds. The predicted octanol–water partition coefficient (Wildman–Crippen LogP) is 3.63. The van der Waals surface area contributed by atoms with Crippen molar-refractivity contribution in [1.82, 2.24) is 4.57 Å². The number of aryl methyl sites for hydroxylation is 3. The normalized spacial score (nSPS) is 16.3. The number of aliphatic hydroxyl groups is 1. The van der Waals surface area contributed by atoms with Crippen LogP contribution in [0.4, 0.5) is 0 Å². The molecule has 2 heteroatoms. The third kappa shape index (κ3) is 1.99. The lowest BCUT2D eigenvalue weighted by molar-refractivity contribution is 0.237. The van der Waals surface area contributed by atoms with Crippen LogP contribution in [0, 0.1) is 12.8 Å². The lowest BCUT2D eigenvalue weighted by atomic mass is 9.86. The van der Waals surface area contributed by atoms with Crippen molar-refractivity contribution in [2.75, 3.05) is 6.61 Å². The molecule has 2 aromatic rings. The Morgan fingerprint density at radius 3 is 2.74 bits per heavy atom. The van der Waals surface area contributed by atoms with Gasteiger partial charge in [0.2, 0.25) is 0 Å². The predicted molar refractivity (Wildman–Crippen MR) is 79.7 cm³/mol. The monoisotopic (exact) mass is 257 g/mol. The van der Waals surface area contributed by atoms with E-state index in [0.717, 1.165) is 6.54 Å². The van der Waals surface area contributed by atoms with Crippen molar-refractivity contribution in [1.29, 1.82) is 0 Å². The van der Waals surface area contributed by atoms with Gasteiger partial charge in [-0.15, -0.1) is 0 Å². The first-order chi connectivity index (χ1) is 9.11. The summed E-state index contributed by atoms with van der Waals surface area (Å²) < 4.78 is 2.45. The second-order valence-electron chi connectivity index (χ2n) is 6.19. The van der Waals surface area contributed by atoms with E-state index in [1.54, 1.807) is 0 Å².